The zero-order chi connectivity index (χ0) is 12.4. The van der Waals surface area contributed by atoms with Gasteiger partial charge in [-0.3, -0.25) is 0 Å². The highest BCUT2D eigenvalue weighted by atomic mass is 127. The summed E-state index contributed by atoms with van der Waals surface area (Å²) < 4.78 is 2.16. The molecule has 0 fully saturated rings. The van der Waals surface area contributed by atoms with Gasteiger partial charge in [-0.2, -0.15) is 0 Å². The summed E-state index contributed by atoms with van der Waals surface area (Å²) in [5, 5.41) is 0.704. The molecule has 0 aromatic heterocycles. The third-order valence-electron chi connectivity index (χ3n) is 2.53. The van der Waals surface area contributed by atoms with Crippen LogP contribution in [0.3, 0.4) is 0 Å². The summed E-state index contributed by atoms with van der Waals surface area (Å²) >= 11 is 11.9. The highest BCUT2D eigenvalue weighted by Gasteiger charge is 2.14. The highest BCUT2D eigenvalue weighted by molar-refractivity contribution is 14.1. The van der Waals surface area contributed by atoms with Crippen LogP contribution in [0.5, 0.6) is 0 Å². The summed E-state index contributed by atoms with van der Waals surface area (Å²) in [4.78, 5) is 0. The van der Waals surface area contributed by atoms with Gasteiger partial charge in [0.15, 0.2) is 0 Å². The van der Waals surface area contributed by atoms with Gasteiger partial charge in [0, 0.05) is 13.1 Å². The van der Waals surface area contributed by atoms with Crippen molar-refractivity contribution in [1.82, 2.24) is 0 Å². The van der Waals surface area contributed by atoms with Crippen LogP contribution in [0.2, 0.25) is 5.02 Å². The average Bonchev–Trinajstić information content (AvgIpc) is 2.32. The molecule has 0 heterocycles. The van der Waals surface area contributed by atoms with Crippen LogP contribution in [-0.2, 0) is 0 Å². The van der Waals surface area contributed by atoms with Gasteiger partial charge in [0.1, 0.15) is 0 Å². The van der Waals surface area contributed by atoms with Crippen molar-refractivity contribution in [3.63, 3.8) is 0 Å². The second-order valence-corrected chi connectivity index (χ2v) is 6.15. The molecule has 1 atom stereocenters. The van der Waals surface area contributed by atoms with Gasteiger partial charge in [-0.05, 0) is 58.0 Å². The Morgan fingerprint density at radius 3 is 2.53 bits per heavy atom. The Morgan fingerprint density at radius 1 is 1.12 bits per heavy atom. The lowest BCUT2D eigenvalue weighted by Gasteiger charge is -2.16. The third-order valence-corrected chi connectivity index (χ3v) is 4.35. The molecule has 0 aliphatic carbocycles. The molecule has 88 valence electrons. The second-order valence-electron chi connectivity index (χ2n) is 3.67. The SMILES string of the molecule is NC(c1ccccc1Cl)c1cc(Br)ccc1I. The molecular formula is C13H10BrClIN. The van der Waals surface area contributed by atoms with Crippen molar-refractivity contribution in [2.45, 2.75) is 6.04 Å². The van der Waals surface area contributed by atoms with E-state index in [0.29, 0.717) is 5.02 Å². The van der Waals surface area contributed by atoms with Crippen molar-refractivity contribution in [1.29, 1.82) is 0 Å². The Bertz CT molecular complexity index is 545. The van der Waals surface area contributed by atoms with Gasteiger partial charge in [0.2, 0.25) is 0 Å². The minimum absolute atomic E-state index is 0.201. The van der Waals surface area contributed by atoms with Gasteiger partial charge in [-0.15, -0.1) is 0 Å². The van der Waals surface area contributed by atoms with Crippen LogP contribution < -0.4 is 5.73 Å². The van der Waals surface area contributed by atoms with Gasteiger partial charge in [0.05, 0.1) is 6.04 Å². The van der Waals surface area contributed by atoms with E-state index in [2.05, 4.69) is 38.5 Å². The molecule has 0 spiro atoms. The normalized spacial score (nSPS) is 12.5. The van der Waals surface area contributed by atoms with E-state index in [9.17, 15) is 0 Å². The van der Waals surface area contributed by atoms with Crippen LogP contribution in [0.1, 0.15) is 17.2 Å². The summed E-state index contributed by atoms with van der Waals surface area (Å²) in [6.45, 7) is 0. The molecule has 1 unspecified atom stereocenters. The third kappa shape index (κ3) is 3.02. The Kier molecular flexibility index (Phi) is 4.47. The summed E-state index contributed by atoms with van der Waals surface area (Å²) in [5.41, 5.74) is 8.30. The highest BCUT2D eigenvalue weighted by Crippen LogP contribution is 2.30. The molecule has 4 heteroatoms. The molecule has 0 aliphatic heterocycles. The Hall–Kier alpha value is -0.100. The molecule has 0 aliphatic rings. The predicted molar refractivity (Wildman–Crippen MR) is 84.3 cm³/mol. The summed E-state index contributed by atoms with van der Waals surface area (Å²) in [5.74, 6) is 0. The molecular weight excluding hydrogens is 412 g/mol. The zero-order valence-electron chi connectivity index (χ0n) is 8.83. The fraction of sp³-hybridized carbons (Fsp3) is 0.0769. The topological polar surface area (TPSA) is 26.0 Å². The number of halogens is 3. The molecule has 0 bridgehead atoms. The lowest BCUT2D eigenvalue weighted by atomic mass is 10.00. The standard InChI is InChI=1S/C13H10BrClIN/c14-8-5-6-12(16)10(7-8)13(17)9-3-1-2-4-11(9)15/h1-7,13H,17H2. The molecule has 0 saturated carbocycles. The number of hydrogen-bond donors (Lipinski definition) is 1. The van der Waals surface area contributed by atoms with Crippen LogP contribution >= 0.6 is 50.1 Å². The fourth-order valence-electron chi connectivity index (χ4n) is 1.65. The largest absolute Gasteiger partial charge is 0.320 e. The van der Waals surface area contributed by atoms with E-state index in [1.165, 1.54) is 0 Å². The van der Waals surface area contributed by atoms with Crippen molar-refractivity contribution < 1.29 is 0 Å². The van der Waals surface area contributed by atoms with E-state index in [0.717, 1.165) is 19.2 Å². The van der Waals surface area contributed by atoms with Crippen LogP contribution in [0.4, 0.5) is 0 Å². The lowest BCUT2D eigenvalue weighted by Crippen LogP contribution is -2.13. The van der Waals surface area contributed by atoms with Crippen molar-refractivity contribution in [3.05, 3.63) is 66.7 Å². The number of hydrogen-bond acceptors (Lipinski definition) is 1. The minimum Gasteiger partial charge on any atom is -0.320 e. The first kappa shape index (κ1) is 13.3. The maximum absolute atomic E-state index is 6.28. The number of rotatable bonds is 2. The summed E-state index contributed by atoms with van der Waals surface area (Å²) in [6, 6.07) is 13.6. The molecule has 0 saturated heterocycles. The van der Waals surface area contributed by atoms with E-state index < -0.39 is 0 Å². The van der Waals surface area contributed by atoms with Crippen molar-refractivity contribution in [2.24, 2.45) is 5.73 Å². The molecule has 2 rings (SSSR count). The van der Waals surface area contributed by atoms with Crippen molar-refractivity contribution in [3.8, 4) is 0 Å². The van der Waals surface area contributed by atoms with Crippen LogP contribution in [-0.4, -0.2) is 0 Å². The van der Waals surface area contributed by atoms with E-state index in [-0.39, 0.29) is 6.04 Å². The molecule has 2 aromatic rings. The first-order valence-electron chi connectivity index (χ1n) is 5.04. The van der Waals surface area contributed by atoms with Gasteiger partial charge < -0.3 is 5.73 Å². The summed E-state index contributed by atoms with van der Waals surface area (Å²) in [7, 11) is 0. The lowest BCUT2D eigenvalue weighted by molar-refractivity contribution is 0.864. The number of nitrogens with two attached hydrogens (primary N) is 1. The molecule has 0 amide bonds. The molecule has 0 radical (unpaired) electrons. The molecule has 17 heavy (non-hydrogen) atoms. The van der Waals surface area contributed by atoms with Gasteiger partial charge in [-0.25, -0.2) is 0 Å². The zero-order valence-corrected chi connectivity index (χ0v) is 13.3. The Balaban J connectivity index is 2.47. The van der Waals surface area contributed by atoms with Crippen molar-refractivity contribution in [2.75, 3.05) is 0 Å². The Labute approximate surface area is 128 Å². The van der Waals surface area contributed by atoms with E-state index >= 15 is 0 Å². The average molecular weight is 422 g/mol. The maximum atomic E-state index is 6.28. The molecule has 1 nitrogen and oxygen atoms in total. The van der Waals surface area contributed by atoms with Crippen LogP contribution in [0.25, 0.3) is 0 Å². The van der Waals surface area contributed by atoms with Crippen LogP contribution in [0, 0.1) is 3.57 Å². The van der Waals surface area contributed by atoms with Gasteiger partial charge in [-0.1, -0.05) is 45.7 Å². The van der Waals surface area contributed by atoms with Crippen molar-refractivity contribution >= 4 is 50.1 Å². The quantitative estimate of drug-likeness (QED) is 0.695. The maximum Gasteiger partial charge on any atom is 0.0577 e. The van der Waals surface area contributed by atoms with E-state index in [4.69, 9.17) is 17.3 Å². The first-order chi connectivity index (χ1) is 8.09. The van der Waals surface area contributed by atoms with Crippen LogP contribution in [0.15, 0.2) is 46.9 Å². The fourth-order valence-corrected chi connectivity index (χ4v) is 2.95. The predicted octanol–water partition coefficient (Wildman–Crippen LogP) is 4.76. The first-order valence-corrected chi connectivity index (χ1v) is 7.29. The van der Waals surface area contributed by atoms with E-state index in [1.807, 2.05) is 42.5 Å². The second kappa shape index (κ2) is 5.69. The Morgan fingerprint density at radius 2 is 1.82 bits per heavy atom. The summed E-state index contributed by atoms with van der Waals surface area (Å²) in [6.07, 6.45) is 0. The smallest absolute Gasteiger partial charge is 0.0577 e. The minimum atomic E-state index is -0.201. The van der Waals surface area contributed by atoms with E-state index in [1.54, 1.807) is 0 Å². The molecule has 2 N–H and O–H groups in total. The molecule has 2 aromatic carbocycles. The number of benzene rings is 2. The van der Waals surface area contributed by atoms with Gasteiger partial charge >= 0.3 is 0 Å². The monoisotopic (exact) mass is 421 g/mol. The van der Waals surface area contributed by atoms with Gasteiger partial charge in [0.25, 0.3) is 0 Å².